The summed E-state index contributed by atoms with van der Waals surface area (Å²) in [7, 11) is 0. The highest BCUT2D eigenvalue weighted by Gasteiger charge is 2.21. The summed E-state index contributed by atoms with van der Waals surface area (Å²) in [6, 6.07) is 10.0. The lowest BCUT2D eigenvalue weighted by Crippen LogP contribution is -2.35. The van der Waals surface area contributed by atoms with Gasteiger partial charge in [0, 0.05) is 50.1 Å². The molecule has 3 aromatic rings. The molecule has 8 heteroatoms. The molecule has 1 saturated heterocycles. The molecule has 2 amide bonds. The standard InChI is InChI=1S/C24H32N6O2/c1-3-21-19(15-26-24(31)25-14-17-8-6-5-7-9-17)22(28-18-10-12-32-13-11-18)20-16-27-30(4-2)23(20)29-21/h5-9,16,18H,3-4,10-15H2,1-2H3,(H,28,29)(H2,25,26,31). The van der Waals surface area contributed by atoms with E-state index in [0.29, 0.717) is 19.1 Å². The predicted molar refractivity (Wildman–Crippen MR) is 126 cm³/mol. The molecule has 3 N–H and O–H groups in total. The fraction of sp³-hybridized carbons (Fsp3) is 0.458. The fourth-order valence-electron chi connectivity index (χ4n) is 4.11. The van der Waals surface area contributed by atoms with Gasteiger partial charge in [-0.1, -0.05) is 37.3 Å². The van der Waals surface area contributed by atoms with Crippen LogP contribution in [0.3, 0.4) is 0 Å². The van der Waals surface area contributed by atoms with Crippen LogP contribution in [0.25, 0.3) is 11.0 Å². The van der Waals surface area contributed by atoms with Crippen molar-refractivity contribution in [2.75, 3.05) is 18.5 Å². The Bertz CT molecular complexity index is 1040. The zero-order valence-corrected chi connectivity index (χ0v) is 18.9. The third-order valence-electron chi connectivity index (χ3n) is 5.90. The van der Waals surface area contributed by atoms with Gasteiger partial charge in [0.15, 0.2) is 5.65 Å². The molecular formula is C24H32N6O2. The van der Waals surface area contributed by atoms with Gasteiger partial charge in [0.1, 0.15) is 0 Å². The van der Waals surface area contributed by atoms with Crippen LogP contribution in [0, 0.1) is 0 Å². The molecule has 0 unspecified atom stereocenters. The van der Waals surface area contributed by atoms with Crippen LogP contribution in [0.5, 0.6) is 0 Å². The maximum atomic E-state index is 12.5. The molecule has 2 aromatic heterocycles. The van der Waals surface area contributed by atoms with Gasteiger partial charge >= 0.3 is 6.03 Å². The van der Waals surface area contributed by atoms with Gasteiger partial charge in [0.25, 0.3) is 0 Å². The van der Waals surface area contributed by atoms with Crippen LogP contribution in [0.2, 0.25) is 0 Å². The van der Waals surface area contributed by atoms with E-state index in [9.17, 15) is 4.79 Å². The van der Waals surface area contributed by atoms with Gasteiger partial charge in [0.05, 0.1) is 17.3 Å². The Morgan fingerprint density at radius 2 is 1.88 bits per heavy atom. The van der Waals surface area contributed by atoms with E-state index in [4.69, 9.17) is 9.72 Å². The highest BCUT2D eigenvalue weighted by molar-refractivity contribution is 5.91. The first-order chi connectivity index (χ1) is 15.7. The SMILES string of the molecule is CCc1nc2c(cnn2CC)c(NC2CCOCC2)c1CNC(=O)NCc1ccccc1. The zero-order valence-electron chi connectivity index (χ0n) is 18.9. The Hall–Kier alpha value is -3.13. The number of aryl methyl sites for hydroxylation is 2. The van der Waals surface area contributed by atoms with Gasteiger partial charge in [-0.25, -0.2) is 14.5 Å². The zero-order chi connectivity index (χ0) is 22.3. The van der Waals surface area contributed by atoms with Gasteiger partial charge in [-0.05, 0) is 31.7 Å². The van der Waals surface area contributed by atoms with Gasteiger partial charge in [-0.2, -0.15) is 5.10 Å². The molecular weight excluding hydrogens is 404 g/mol. The van der Waals surface area contributed by atoms with Crippen molar-refractivity contribution in [1.29, 1.82) is 0 Å². The first-order valence-electron chi connectivity index (χ1n) is 11.5. The average Bonchev–Trinajstić information content (AvgIpc) is 3.26. The molecule has 3 heterocycles. The minimum atomic E-state index is -0.197. The number of aromatic nitrogens is 3. The summed E-state index contributed by atoms with van der Waals surface area (Å²) in [6.07, 6.45) is 4.57. The number of urea groups is 1. The Morgan fingerprint density at radius 3 is 2.59 bits per heavy atom. The molecule has 0 atom stereocenters. The maximum Gasteiger partial charge on any atom is 0.315 e. The van der Waals surface area contributed by atoms with Crippen LogP contribution in [0.15, 0.2) is 36.5 Å². The molecule has 1 aliphatic heterocycles. The van der Waals surface area contributed by atoms with E-state index in [0.717, 1.165) is 72.6 Å². The van der Waals surface area contributed by atoms with Gasteiger partial charge in [0.2, 0.25) is 0 Å². The van der Waals surface area contributed by atoms with Crippen molar-refractivity contribution in [2.45, 2.75) is 58.8 Å². The first kappa shape index (κ1) is 22.1. The van der Waals surface area contributed by atoms with Gasteiger partial charge < -0.3 is 20.7 Å². The van der Waals surface area contributed by atoms with E-state index in [1.807, 2.05) is 41.2 Å². The van der Waals surface area contributed by atoms with E-state index in [1.54, 1.807) is 0 Å². The van der Waals surface area contributed by atoms with Gasteiger partial charge in [-0.15, -0.1) is 0 Å². The van der Waals surface area contributed by atoms with E-state index in [2.05, 4.69) is 34.9 Å². The lowest BCUT2D eigenvalue weighted by molar-refractivity contribution is 0.0904. The van der Waals surface area contributed by atoms with Crippen LogP contribution in [-0.2, 0) is 30.8 Å². The van der Waals surface area contributed by atoms with Crippen LogP contribution in [0.1, 0.15) is 43.5 Å². The number of carbonyl (C=O) groups excluding carboxylic acids is 1. The highest BCUT2D eigenvalue weighted by Crippen LogP contribution is 2.31. The molecule has 32 heavy (non-hydrogen) atoms. The number of pyridine rings is 1. The van der Waals surface area contributed by atoms with Crippen LogP contribution in [0.4, 0.5) is 10.5 Å². The molecule has 8 nitrogen and oxygen atoms in total. The average molecular weight is 437 g/mol. The molecule has 0 aliphatic carbocycles. The van der Waals surface area contributed by atoms with Gasteiger partial charge in [-0.3, -0.25) is 0 Å². The van der Waals surface area contributed by atoms with Crippen molar-refractivity contribution >= 4 is 22.8 Å². The first-order valence-corrected chi connectivity index (χ1v) is 11.5. The normalized spacial score (nSPS) is 14.4. The second-order valence-electron chi connectivity index (χ2n) is 8.02. The predicted octanol–water partition coefficient (Wildman–Crippen LogP) is 3.60. The second-order valence-corrected chi connectivity index (χ2v) is 8.02. The van der Waals surface area contributed by atoms with Crippen molar-refractivity contribution in [3.63, 3.8) is 0 Å². The van der Waals surface area contributed by atoms with Crippen LogP contribution >= 0.6 is 0 Å². The molecule has 1 aliphatic rings. The smallest absolute Gasteiger partial charge is 0.315 e. The minimum absolute atomic E-state index is 0.197. The summed E-state index contributed by atoms with van der Waals surface area (Å²) in [5, 5.41) is 15.2. The van der Waals surface area contributed by atoms with Crippen molar-refractivity contribution in [3.8, 4) is 0 Å². The number of hydrogen-bond acceptors (Lipinski definition) is 5. The highest BCUT2D eigenvalue weighted by atomic mass is 16.5. The Kier molecular flexibility index (Phi) is 7.21. The number of benzene rings is 1. The number of ether oxygens (including phenoxy) is 1. The third-order valence-corrected chi connectivity index (χ3v) is 5.90. The summed E-state index contributed by atoms with van der Waals surface area (Å²) in [5.74, 6) is 0. The number of anilines is 1. The number of hydrogen-bond donors (Lipinski definition) is 3. The minimum Gasteiger partial charge on any atom is -0.381 e. The number of fused-ring (bicyclic) bond motifs is 1. The number of rotatable bonds is 8. The molecule has 1 fully saturated rings. The topological polar surface area (TPSA) is 93.1 Å². The number of nitrogens with zero attached hydrogens (tertiary/aromatic N) is 3. The number of nitrogens with one attached hydrogen (secondary N) is 3. The molecule has 0 spiro atoms. The summed E-state index contributed by atoms with van der Waals surface area (Å²) in [6.45, 7) is 7.33. The van der Waals surface area contributed by atoms with Crippen molar-refractivity contribution in [2.24, 2.45) is 0 Å². The lowest BCUT2D eigenvalue weighted by atomic mass is 10.0. The van der Waals surface area contributed by atoms with E-state index < -0.39 is 0 Å². The summed E-state index contributed by atoms with van der Waals surface area (Å²) >= 11 is 0. The molecule has 170 valence electrons. The molecule has 4 rings (SSSR count). The molecule has 0 saturated carbocycles. The van der Waals surface area contributed by atoms with Crippen molar-refractivity contribution in [3.05, 3.63) is 53.3 Å². The summed E-state index contributed by atoms with van der Waals surface area (Å²) in [5.41, 5.74) is 4.98. The monoisotopic (exact) mass is 436 g/mol. The van der Waals surface area contributed by atoms with Crippen LogP contribution in [-0.4, -0.2) is 40.1 Å². The second kappa shape index (κ2) is 10.5. The maximum absolute atomic E-state index is 12.5. The number of amides is 2. The molecule has 0 radical (unpaired) electrons. The Morgan fingerprint density at radius 1 is 1.12 bits per heavy atom. The largest absolute Gasteiger partial charge is 0.381 e. The molecule has 1 aromatic carbocycles. The van der Waals surface area contributed by atoms with Crippen molar-refractivity contribution in [1.82, 2.24) is 25.4 Å². The number of carbonyl (C=O) groups is 1. The van der Waals surface area contributed by atoms with E-state index >= 15 is 0 Å². The van der Waals surface area contributed by atoms with Crippen LogP contribution < -0.4 is 16.0 Å². The van der Waals surface area contributed by atoms with Crippen molar-refractivity contribution < 1.29 is 9.53 Å². The fourth-order valence-corrected chi connectivity index (χ4v) is 4.11. The quantitative estimate of drug-likeness (QED) is 0.502. The summed E-state index contributed by atoms with van der Waals surface area (Å²) < 4.78 is 7.45. The summed E-state index contributed by atoms with van der Waals surface area (Å²) in [4.78, 5) is 17.4. The van der Waals surface area contributed by atoms with E-state index in [-0.39, 0.29) is 6.03 Å². The molecule has 0 bridgehead atoms. The Balaban J connectivity index is 1.56. The lowest BCUT2D eigenvalue weighted by Gasteiger charge is -2.26. The van der Waals surface area contributed by atoms with E-state index in [1.165, 1.54) is 0 Å². The third kappa shape index (κ3) is 5.02. The Labute approximate surface area is 188 Å².